The van der Waals surface area contributed by atoms with E-state index in [0.29, 0.717) is 0 Å². The summed E-state index contributed by atoms with van der Waals surface area (Å²) in [6.45, 7) is 7.97. The van der Waals surface area contributed by atoms with Crippen LogP contribution in [0.5, 0.6) is 0 Å². The summed E-state index contributed by atoms with van der Waals surface area (Å²) in [7, 11) is 0. The normalized spacial score (nSPS) is 9.56. The summed E-state index contributed by atoms with van der Waals surface area (Å²) in [5.74, 6) is -0.223. The van der Waals surface area contributed by atoms with Crippen LogP contribution >= 0.6 is 0 Å². The van der Waals surface area contributed by atoms with Gasteiger partial charge in [-0.05, 0) is 43.7 Å². The molecule has 0 fully saturated rings. The molecule has 0 saturated heterocycles. The van der Waals surface area contributed by atoms with Crippen molar-refractivity contribution in [2.24, 2.45) is 0 Å². The Labute approximate surface area is 95.5 Å². The first-order valence-electron chi connectivity index (χ1n) is 5.46. The molecule has 2 rings (SSSR count). The molecular formula is C13H17FN2. The van der Waals surface area contributed by atoms with Gasteiger partial charge in [-0.15, -0.1) is 0 Å². The Balaban J connectivity index is 0.000000606. The predicted octanol–water partition coefficient (Wildman–Crippen LogP) is 3.86. The highest BCUT2D eigenvalue weighted by Gasteiger charge is 2.07. The lowest BCUT2D eigenvalue weighted by atomic mass is 10.1. The molecule has 0 aliphatic carbocycles. The van der Waals surface area contributed by atoms with E-state index in [4.69, 9.17) is 0 Å². The third kappa shape index (κ3) is 2.48. The molecule has 2 nitrogen and oxygen atoms in total. The highest BCUT2D eigenvalue weighted by molar-refractivity contribution is 5.63. The first-order chi connectivity index (χ1) is 7.68. The predicted molar refractivity (Wildman–Crippen MR) is 64.8 cm³/mol. The van der Waals surface area contributed by atoms with Crippen LogP contribution in [0.1, 0.15) is 25.1 Å². The molecule has 2 aromatic rings. The number of aromatic nitrogens is 2. The summed E-state index contributed by atoms with van der Waals surface area (Å²) in [6.07, 6.45) is 0. The monoisotopic (exact) mass is 220 g/mol. The van der Waals surface area contributed by atoms with Gasteiger partial charge >= 0.3 is 0 Å². The van der Waals surface area contributed by atoms with Crippen LogP contribution in [0.25, 0.3) is 11.3 Å². The standard InChI is InChI=1S/C11H11FN2.C2H6/c1-7-8(2)13-14-11(7)9-3-5-10(12)6-4-9;1-2/h3-6H,1-2H3,(H,13,14);1-2H3. The number of hydrogen-bond donors (Lipinski definition) is 1. The third-order valence-electron chi connectivity index (χ3n) is 2.37. The van der Waals surface area contributed by atoms with E-state index in [1.165, 1.54) is 12.1 Å². The maximum absolute atomic E-state index is 12.7. The van der Waals surface area contributed by atoms with Gasteiger partial charge in [-0.25, -0.2) is 4.39 Å². The number of H-pyrrole nitrogens is 1. The van der Waals surface area contributed by atoms with Crippen LogP contribution in [-0.2, 0) is 0 Å². The third-order valence-corrected chi connectivity index (χ3v) is 2.37. The molecule has 0 saturated carbocycles. The van der Waals surface area contributed by atoms with E-state index in [9.17, 15) is 4.39 Å². The van der Waals surface area contributed by atoms with Gasteiger partial charge in [-0.1, -0.05) is 13.8 Å². The van der Waals surface area contributed by atoms with E-state index in [0.717, 1.165) is 22.5 Å². The van der Waals surface area contributed by atoms with Crippen LogP contribution in [0.2, 0.25) is 0 Å². The van der Waals surface area contributed by atoms with Gasteiger partial charge < -0.3 is 0 Å². The highest BCUT2D eigenvalue weighted by Crippen LogP contribution is 2.22. The van der Waals surface area contributed by atoms with Crippen molar-refractivity contribution in [3.63, 3.8) is 0 Å². The van der Waals surface area contributed by atoms with Crippen molar-refractivity contribution in [2.45, 2.75) is 27.7 Å². The molecule has 86 valence electrons. The summed E-state index contributed by atoms with van der Waals surface area (Å²) in [5.41, 5.74) is 3.98. The number of aromatic amines is 1. The maximum Gasteiger partial charge on any atom is 0.123 e. The van der Waals surface area contributed by atoms with Crippen LogP contribution in [0.15, 0.2) is 24.3 Å². The molecule has 3 heteroatoms. The Kier molecular flexibility index (Phi) is 4.23. The summed E-state index contributed by atoms with van der Waals surface area (Å²) in [5, 5.41) is 7.07. The van der Waals surface area contributed by atoms with Crippen LogP contribution in [0.4, 0.5) is 4.39 Å². The number of nitrogens with one attached hydrogen (secondary N) is 1. The van der Waals surface area contributed by atoms with Crippen molar-refractivity contribution < 1.29 is 4.39 Å². The fourth-order valence-corrected chi connectivity index (χ4v) is 1.37. The van der Waals surface area contributed by atoms with Crippen molar-refractivity contribution in [3.8, 4) is 11.3 Å². The van der Waals surface area contributed by atoms with E-state index in [2.05, 4.69) is 10.2 Å². The number of hydrogen-bond acceptors (Lipinski definition) is 1. The molecule has 0 unspecified atom stereocenters. The summed E-state index contributed by atoms with van der Waals surface area (Å²) in [6, 6.07) is 6.35. The molecular weight excluding hydrogens is 203 g/mol. The average Bonchev–Trinajstić information content (AvgIpc) is 2.64. The quantitative estimate of drug-likeness (QED) is 0.776. The van der Waals surface area contributed by atoms with Crippen molar-refractivity contribution in [1.29, 1.82) is 0 Å². The lowest BCUT2D eigenvalue weighted by Crippen LogP contribution is -1.81. The van der Waals surface area contributed by atoms with Gasteiger partial charge in [-0.3, -0.25) is 5.10 Å². The molecule has 1 heterocycles. The first-order valence-corrected chi connectivity index (χ1v) is 5.46. The number of halogens is 1. The van der Waals surface area contributed by atoms with Crippen molar-refractivity contribution in [1.82, 2.24) is 10.2 Å². The molecule has 0 aliphatic heterocycles. The van der Waals surface area contributed by atoms with Crippen LogP contribution in [-0.4, -0.2) is 10.2 Å². The molecule has 0 amide bonds. The van der Waals surface area contributed by atoms with Gasteiger partial charge in [0.1, 0.15) is 5.82 Å². The zero-order chi connectivity index (χ0) is 12.1. The van der Waals surface area contributed by atoms with Crippen molar-refractivity contribution in [3.05, 3.63) is 41.3 Å². The molecule has 0 radical (unpaired) electrons. The van der Waals surface area contributed by atoms with E-state index in [-0.39, 0.29) is 5.82 Å². The average molecular weight is 220 g/mol. The molecule has 0 atom stereocenters. The van der Waals surface area contributed by atoms with Gasteiger partial charge in [-0.2, -0.15) is 5.10 Å². The van der Waals surface area contributed by atoms with Gasteiger partial charge in [0, 0.05) is 11.3 Å². The van der Waals surface area contributed by atoms with Crippen LogP contribution in [0, 0.1) is 19.7 Å². The van der Waals surface area contributed by atoms with E-state index >= 15 is 0 Å². The van der Waals surface area contributed by atoms with E-state index in [1.54, 1.807) is 12.1 Å². The largest absolute Gasteiger partial charge is 0.282 e. The Bertz CT molecular complexity index is 443. The minimum absolute atomic E-state index is 0.223. The number of aryl methyl sites for hydroxylation is 1. The van der Waals surface area contributed by atoms with Gasteiger partial charge in [0.15, 0.2) is 0 Å². The Morgan fingerprint density at radius 1 is 1.06 bits per heavy atom. The summed E-state index contributed by atoms with van der Waals surface area (Å²) < 4.78 is 12.7. The number of nitrogens with zero attached hydrogens (tertiary/aromatic N) is 1. The lowest BCUT2D eigenvalue weighted by molar-refractivity contribution is 0.628. The fourth-order valence-electron chi connectivity index (χ4n) is 1.37. The minimum Gasteiger partial charge on any atom is -0.282 e. The topological polar surface area (TPSA) is 28.7 Å². The van der Waals surface area contributed by atoms with E-state index < -0.39 is 0 Å². The molecule has 0 spiro atoms. The molecule has 0 bridgehead atoms. The Morgan fingerprint density at radius 2 is 1.62 bits per heavy atom. The SMILES string of the molecule is CC.Cc1[nH]nc(-c2ccc(F)cc2)c1C. The van der Waals surface area contributed by atoms with Crippen molar-refractivity contribution >= 4 is 0 Å². The Morgan fingerprint density at radius 3 is 2.06 bits per heavy atom. The zero-order valence-corrected chi connectivity index (χ0v) is 10.1. The molecule has 0 aliphatic rings. The van der Waals surface area contributed by atoms with Crippen LogP contribution in [0.3, 0.4) is 0 Å². The Hall–Kier alpha value is -1.64. The number of rotatable bonds is 1. The minimum atomic E-state index is -0.223. The second-order valence-electron chi connectivity index (χ2n) is 3.33. The van der Waals surface area contributed by atoms with E-state index in [1.807, 2.05) is 27.7 Å². The molecule has 1 aromatic heterocycles. The fraction of sp³-hybridized carbons (Fsp3) is 0.308. The summed E-state index contributed by atoms with van der Waals surface area (Å²) >= 11 is 0. The second kappa shape index (κ2) is 5.45. The first kappa shape index (κ1) is 12.4. The smallest absolute Gasteiger partial charge is 0.123 e. The molecule has 1 aromatic carbocycles. The maximum atomic E-state index is 12.7. The number of benzene rings is 1. The zero-order valence-electron chi connectivity index (χ0n) is 10.1. The second-order valence-corrected chi connectivity index (χ2v) is 3.33. The molecule has 16 heavy (non-hydrogen) atoms. The summed E-state index contributed by atoms with van der Waals surface area (Å²) in [4.78, 5) is 0. The van der Waals surface area contributed by atoms with Crippen molar-refractivity contribution in [2.75, 3.05) is 0 Å². The molecule has 1 N–H and O–H groups in total. The van der Waals surface area contributed by atoms with Gasteiger partial charge in [0.25, 0.3) is 0 Å². The lowest BCUT2D eigenvalue weighted by Gasteiger charge is -1.97. The van der Waals surface area contributed by atoms with Crippen LogP contribution < -0.4 is 0 Å². The van der Waals surface area contributed by atoms with Gasteiger partial charge in [0.05, 0.1) is 5.69 Å². The highest BCUT2D eigenvalue weighted by atomic mass is 19.1. The van der Waals surface area contributed by atoms with Gasteiger partial charge in [0.2, 0.25) is 0 Å².